The first-order chi connectivity index (χ1) is 16.1. The molecule has 162 valence electrons. The van der Waals surface area contributed by atoms with Gasteiger partial charge >= 0.3 is 0 Å². The summed E-state index contributed by atoms with van der Waals surface area (Å²) in [5, 5.41) is 9.92. The third kappa shape index (κ3) is 3.65. The highest BCUT2D eigenvalue weighted by Crippen LogP contribution is 2.42. The molecule has 0 aliphatic carbocycles. The summed E-state index contributed by atoms with van der Waals surface area (Å²) < 4.78 is 20.3. The van der Waals surface area contributed by atoms with E-state index in [9.17, 15) is 5.26 Å². The molecule has 33 heavy (non-hydrogen) atoms. The van der Waals surface area contributed by atoms with Crippen LogP contribution in [0.25, 0.3) is 28.5 Å². The minimum atomic E-state index is 0.195. The van der Waals surface area contributed by atoms with Crippen molar-refractivity contribution in [3.05, 3.63) is 94.1 Å². The zero-order chi connectivity index (χ0) is 22.9. The molecule has 0 fully saturated rings. The Kier molecular flexibility index (Phi) is 5.37. The van der Waals surface area contributed by atoms with Gasteiger partial charge in [0.25, 0.3) is 0 Å². The molecule has 4 aromatic heterocycles. The summed E-state index contributed by atoms with van der Waals surface area (Å²) in [5.74, 6) is 1.60. The van der Waals surface area contributed by atoms with E-state index in [-0.39, 0.29) is 11.4 Å². The van der Waals surface area contributed by atoms with Gasteiger partial charge in [-0.25, -0.2) is 4.99 Å². The predicted molar refractivity (Wildman–Crippen MR) is 129 cm³/mol. The summed E-state index contributed by atoms with van der Waals surface area (Å²) in [4.78, 5) is 4.56. The molecule has 0 aliphatic rings. The number of nitriles is 1. The summed E-state index contributed by atoms with van der Waals surface area (Å²) in [7, 11) is 0. The smallest absolute Gasteiger partial charge is 0.238 e. The molecular weight excluding hydrogens is 482 g/mol. The van der Waals surface area contributed by atoms with Crippen molar-refractivity contribution in [2.24, 2.45) is 4.99 Å². The molecule has 4 heterocycles. The van der Waals surface area contributed by atoms with Crippen molar-refractivity contribution in [1.82, 2.24) is 4.57 Å². The molecule has 0 saturated heterocycles. The first-order valence-electron chi connectivity index (χ1n) is 10.2. The first-order valence-corrected chi connectivity index (χ1v) is 11.0. The number of nitrogens with zero attached hydrogens (tertiary/aromatic N) is 3. The molecule has 6 nitrogen and oxygen atoms in total. The van der Waals surface area contributed by atoms with Gasteiger partial charge in [-0.1, -0.05) is 12.1 Å². The molecule has 5 rings (SSSR count). The molecule has 0 amide bonds. The normalized spacial score (nSPS) is 11.3. The first kappa shape index (κ1) is 20.9. The van der Waals surface area contributed by atoms with E-state index in [1.54, 1.807) is 43.0 Å². The number of hydrogen-bond acceptors (Lipinski definition) is 5. The van der Waals surface area contributed by atoms with Crippen LogP contribution in [0, 0.1) is 25.2 Å². The Morgan fingerprint density at radius 2 is 1.73 bits per heavy atom. The summed E-state index contributed by atoms with van der Waals surface area (Å²) >= 11 is 3.63. The lowest BCUT2D eigenvalue weighted by molar-refractivity contribution is 0.527. The quantitative estimate of drug-likeness (QED) is 0.233. The number of furan rings is 3. The van der Waals surface area contributed by atoms with E-state index in [1.807, 2.05) is 38.1 Å². The fourth-order valence-electron chi connectivity index (χ4n) is 3.90. The maximum absolute atomic E-state index is 9.92. The largest absolute Gasteiger partial charge is 0.464 e. The number of aryl methyl sites for hydroxylation is 1. The second-order valence-electron chi connectivity index (χ2n) is 7.42. The Morgan fingerprint density at radius 1 is 1.00 bits per heavy atom. The van der Waals surface area contributed by atoms with Crippen LogP contribution in [0.4, 0.5) is 5.88 Å². The molecule has 1 aromatic carbocycles. The Balaban J connectivity index is 1.61. The zero-order valence-electron chi connectivity index (χ0n) is 17.9. The van der Waals surface area contributed by atoms with Crippen molar-refractivity contribution in [1.29, 1.82) is 5.26 Å². The Labute approximate surface area is 198 Å². The lowest BCUT2D eigenvalue weighted by Crippen LogP contribution is -2.00. The van der Waals surface area contributed by atoms with Crippen LogP contribution < -0.4 is 0 Å². The number of aliphatic imine (C=N–C) groups is 1. The van der Waals surface area contributed by atoms with Gasteiger partial charge in [0.05, 0.1) is 23.8 Å². The third-order valence-corrected chi connectivity index (χ3v) is 6.07. The number of halogens is 1. The van der Waals surface area contributed by atoms with Crippen LogP contribution in [-0.2, 0) is 0 Å². The van der Waals surface area contributed by atoms with Gasteiger partial charge < -0.3 is 17.8 Å². The lowest BCUT2D eigenvalue weighted by Gasteiger charge is -2.11. The minimum Gasteiger partial charge on any atom is -0.464 e. The highest BCUT2D eigenvalue weighted by atomic mass is 79.9. The molecule has 5 aromatic rings. The van der Waals surface area contributed by atoms with Crippen LogP contribution in [0.3, 0.4) is 0 Å². The average Bonchev–Trinajstić information content (AvgIpc) is 3.60. The summed E-state index contributed by atoms with van der Waals surface area (Å²) in [5.41, 5.74) is 4.85. The highest BCUT2D eigenvalue weighted by Gasteiger charge is 2.26. The van der Waals surface area contributed by atoms with Gasteiger partial charge in [-0.05, 0) is 72.2 Å². The van der Waals surface area contributed by atoms with E-state index in [1.165, 1.54) is 0 Å². The van der Waals surface area contributed by atoms with Gasteiger partial charge in [-0.2, -0.15) is 5.26 Å². The second-order valence-corrected chi connectivity index (χ2v) is 8.28. The lowest BCUT2D eigenvalue weighted by atomic mass is 10.1. The van der Waals surface area contributed by atoms with E-state index in [0.29, 0.717) is 22.8 Å². The Bertz CT molecular complexity index is 1500. The van der Waals surface area contributed by atoms with Crippen molar-refractivity contribution >= 4 is 28.0 Å². The molecule has 0 unspecified atom stereocenters. The highest BCUT2D eigenvalue weighted by molar-refractivity contribution is 9.10. The molecule has 0 N–H and O–H groups in total. The molecule has 7 heteroatoms. The maximum atomic E-state index is 9.92. The van der Waals surface area contributed by atoms with Crippen molar-refractivity contribution in [2.75, 3.05) is 0 Å². The monoisotopic (exact) mass is 499 g/mol. The van der Waals surface area contributed by atoms with Gasteiger partial charge in [0.15, 0.2) is 11.5 Å². The van der Waals surface area contributed by atoms with Crippen LogP contribution in [-0.4, -0.2) is 10.8 Å². The molecule has 0 aliphatic heterocycles. The van der Waals surface area contributed by atoms with Crippen molar-refractivity contribution < 1.29 is 13.3 Å². The standard InChI is InChI=1S/C26H18BrN3O3/c1-16-13-18(17(2)30(16)21-8-4-3-7-20(21)27)15-29-26-19(14-28)24(22-9-5-11-31-22)25(33-26)23-10-6-12-32-23/h3-13,15H,1-2H3. The number of aromatic nitrogens is 1. The zero-order valence-corrected chi connectivity index (χ0v) is 19.5. The Hall–Kier alpha value is -4.02. The molecule has 0 atom stereocenters. The van der Waals surface area contributed by atoms with Crippen LogP contribution in [0.5, 0.6) is 0 Å². The molecule has 0 saturated carbocycles. The summed E-state index contributed by atoms with van der Waals surface area (Å²) in [6.45, 7) is 4.07. The minimum absolute atomic E-state index is 0.195. The fraction of sp³-hybridized carbons (Fsp3) is 0.0769. The van der Waals surface area contributed by atoms with Crippen molar-refractivity contribution in [2.45, 2.75) is 13.8 Å². The van der Waals surface area contributed by atoms with Crippen molar-refractivity contribution in [3.63, 3.8) is 0 Å². The van der Waals surface area contributed by atoms with E-state index in [0.717, 1.165) is 27.1 Å². The maximum Gasteiger partial charge on any atom is 0.238 e. The number of rotatable bonds is 5. The van der Waals surface area contributed by atoms with E-state index >= 15 is 0 Å². The predicted octanol–water partition coefficient (Wildman–Crippen LogP) is 7.59. The second kappa shape index (κ2) is 8.49. The van der Waals surface area contributed by atoms with E-state index in [4.69, 9.17) is 13.3 Å². The average molecular weight is 500 g/mol. The van der Waals surface area contributed by atoms with Gasteiger partial charge in [-0.3, -0.25) is 0 Å². The fourth-order valence-corrected chi connectivity index (χ4v) is 4.36. The number of para-hydroxylation sites is 1. The SMILES string of the molecule is Cc1cc(C=Nc2oc(-c3ccco3)c(-c3ccco3)c2C#N)c(C)n1-c1ccccc1Br. The van der Waals surface area contributed by atoms with Crippen LogP contribution >= 0.6 is 15.9 Å². The number of hydrogen-bond donors (Lipinski definition) is 0. The molecular formula is C26H18BrN3O3. The third-order valence-electron chi connectivity index (χ3n) is 5.40. The summed E-state index contributed by atoms with van der Waals surface area (Å²) in [6.07, 6.45) is 4.82. The van der Waals surface area contributed by atoms with Gasteiger partial charge in [0.1, 0.15) is 17.4 Å². The molecule has 0 spiro atoms. The van der Waals surface area contributed by atoms with Crippen LogP contribution in [0.1, 0.15) is 22.5 Å². The van der Waals surface area contributed by atoms with Gasteiger partial charge in [0.2, 0.25) is 5.88 Å². The van der Waals surface area contributed by atoms with E-state index in [2.05, 4.69) is 37.6 Å². The van der Waals surface area contributed by atoms with Crippen LogP contribution in [0.2, 0.25) is 0 Å². The van der Waals surface area contributed by atoms with Gasteiger partial charge in [0, 0.05) is 27.6 Å². The van der Waals surface area contributed by atoms with Crippen molar-refractivity contribution in [3.8, 4) is 34.6 Å². The van der Waals surface area contributed by atoms with Gasteiger partial charge in [-0.15, -0.1) is 0 Å². The van der Waals surface area contributed by atoms with Crippen LogP contribution in [0.15, 0.2) is 89.8 Å². The molecule has 0 bridgehead atoms. The topological polar surface area (TPSA) is 80.5 Å². The Morgan fingerprint density at radius 3 is 2.39 bits per heavy atom. The van der Waals surface area contributed by atoms with E-state index < -0.39 is 0 Å². The number of benzene rings is 1. The molecule has 0 radical (unpaired) electrons. The summed E-state index contributed by atoms with van der Waals surface area (Å²) in [6, 6.07) is 19.4.